The van der Waals surface area contributed by atoms with Gasteiger partial charge in [0.2, 0.25) is 5.91 Å². The van der Waals surface area contributed by atoms with Gasteiger partial charge in [0.05, 0.1) is 16.6 Å². The minimum atomic E-state index is -0.298. The Labute approximate surface area is 159 Å². The van der Waals surface area contributed by atoms with E-state index in [0.717, 1.165) is 5.75 Å². The van der Waals surface area contributed by atoms with Gasteiger partial charge in [0.25, 0.3) is 0 Å². The lowest BCUT2D eigenvalue weighted by Crippen LogP contribution is -2.34. The summed E-state index contributed by atoms with van der Waals surface area (Å²) in [7, 11) is 0. The van der Waals surface area contributed by atoms with Crippen LogP contribution in [0.3, 0.4) is 0 Å². The maximum atomic E-state index is 12.5. The van der Waals surface area contributed by atoms with Crippen LogP contribution in [0.15, 0.2) is 54.6 Å². The van der Waals surface area contributed by atoms with Gasteiger partial charge in [-0.3, -0.25) is 4.79 Å². The number of anilines is 2. The predicted molar refractivity (Wildman–Crippen MR) is 110 cm³/mol. The van der Waals surface area contributed by atoms with Crippen molar-refractivity contribution in [2.45, 2.75) is 37.8 Å². The van der Waals surface area contributed by atoms with Crippen molar-refractivity contribution in [1.29, 1.82) is 0 Å². The van der Waals surface area contributed by atoms with Crippen LogP contribution in [0.4, 0.5) is 16.2 Å². The molecule has 2 aromatic rings. The second kappa shape index (κ2) is 9.87. The maximum absolute atomic E-state index is 12.5. The molecule has 1 atom stereocenters. The molecular weight excluding hydrogens is 346 g/mol. The van der Waals surface area contributed by atoms with Crippen LogP contribution < -0.4 is 16.0 Å². The Bertz CT molecular complexity index is 735. The number of nitrogens with one attached hydrogen (secondary N) is 3. The molecule has 3 amide bonds. The molecule has 2 rings (SSSR count). The van der Waals surface area contributed by atoms with Crippen molar-refractivity contribution >= 4 is 35.1 Å². The summed E-state index contributed by atoms with van der Waals surface area (Å²) in [5.41, 5.74) is 2.34. The van der Waals surface area contributed by atoms with Crippen LogP contribution in [0, 0.1) is 0 Å². The number of hydrogen-bond donors (Lipinski definition) is 3. The number of amides is 3. The van der Waals surface area contributed by atoms with Crippen molar-refractivity contribution in [2.75, 3.05) is 10.6 Å². The van der Waals surface area contributed by atoms with Gasteiger partial charge in [0.15, 0.2) is 0 Å². The van der Waals surface area contributed by atoms with E-state index in [4.69, 9.17) is 0 Å². The highest BCUT2D eigenvalue weighted by atomic mass is 32.2. The molecule has 0 spiro atoms. The van der Waals surface area contributed by atoms with E-state index < -0.39 is 0 Å². The van der Waals surface area contributed by atoms with Crippen LogP contribution in [-0.2, 0) is 10.5 Å². The highest BCUT2D eigenvalue weighted by Crippen LogP contribution is 2.24. The average Bonchev–Trinajstić information content (AvgIpc) is 2.61. The summed E-state index contributed by atoms with van der Waals surface area (Å²) in [4.78, 5) is 24.4. The first-order chi connectivity index (χ1) is 12.5. The number of urea groups is 1. The molecule has 0 aliphatic heterocycles. The summed E-state index contributed by atoms with van der Waals surface area (Å²) in [5.74, 6) is 0.677. The fourth-order valence-corrected chi connectivity index (χ4v) is 3.07. The van der Waals surface area contributed by atoms with Gasteiger partial charge >= 0.3 is 6.03 Å². The Morgan fingerprint density at radius 3 is 2.08 bits per heavy atom. The van der Waals surface area contributed by atoms with Crippen molar-refractivity contribution in [1.82, 2.24) is 5.32 Å². The molecule has 0 bridgehead atoms. The molecular formula is C20H25N3O2S. The first-order valence-electron chi connectivity index (χ1n) is 8.58. The molecule has 6 heteroatoms. The van der Waals surface area contributed by atoms with Crippen LogP contribution in [0.1, 0.15) is 26.3 Å². The van der Waals surface area contributed by atoms with E-state index in [1.807, 2.05) is 63.2 Å². The third kappa shape index (κ3) is 6.44. The number of benzene rings is 2. The zero-order valence-corrected chi connectivity index (χ0v) is 16.1. The SMILES string of the molecule is CC(C)NC(=O)Nc1ccccc1NC(=O)C(C)SCc1ccccc1. The molecule has 5 nitrogen and oxygen atoms in total. The molecule has 0 saturated heterocycles. The third-order valence-corrected chi connectivity index (χ3v) is 4.78. The molecule has 0 radical (unpaired) electrons. The van der Waals surface area contributed by atoms with E-state index in [-0.39, 0.29) is 23.2 Å². The summed E-state index contributed by atoms with van der Waals surface area (Å²) in [6, 6.07) is 17.0. The molecule has 0 heterocycles. The number of carbonyl (C=O) groups excluding carboxylic acids is 2. The van der Waals surface area contributed by atoms with Crippen LogP contribution in [-0.4, -0.2) is 23.2 Å². The van der Waals surface area contributed by atoms with Crippen molar-refractivity contribution in [2.24, 2.45) is 0 Å². The third-order valence-electron chi connectivity index (χ3n) is 3.56. The average molecular weight is 372 g/mol. The number of carbonyl (C=O) groups is 2. The van der Waals surface area contributed by atoms with Crippen LogP contribution >= 0.6 is 11.8 Å². The fourth-order valence-electron chi connectivity index (χ4n) is 2.23. The van der Waals surface area contributed by atoms with Gasteiger partial charge in [-0.15, -0.1) is 11.8 Å². The van der Waals surface area contributed by atoms with E-state index >= 15 is 0 Å². The number of thioether (sulfide) groups is 1. The van der Waals surface area contributed by atoms with Crippen LogP contribution in [0.2, 0.25) is 0 Å². The summed E-state index contributed by atoms with van der Waals surface area (Å²) >= 11 is 1.57. The molecule has 0 aliphatic rings. The Kier molecular flexibility index (Phi) is 7.53. The Morgan fingerprint density at radius 1 is 0.885 bits per heavy atom. The topological polar surface area (TPSA) is 70.2 Å². The van der Waals surface area contributed by atoms with Gasteiger partial charge < -0.3 is 16.0 Å². The highest BCUT2D eigenvalue weighted by Gasteiger charge is 2.16. The lowest BCUT2D eigenvalue weighted by molar-refractivity contribution is -0.115. The quantitative estimate of drug-likeness (QED) is 0.672. The van der Waals surface area contributed by atoms with Gasteiger partial charge in [-0.05, 0) is 38.5 Å². The standard InChI is InChI=1S/C20H25N3O2S/c1-14(2)21-20(25)23-18-12-8-7-11-17(18)22-19(24)15(3)26-13-16-9-5-4-6-10-16/h4-12,14-15H,13H2,1-3H3,(H,22,24)(H2,21,23,25). The first kappa shape index (κ1) is 19.8. The predicted octanol–water partition coefficient (Wildman–Crippen LogP) is 4.48. The van der Waals surface area contributed by atoms with E-state index in [0.29, 0.717) is 11.4 Å². The monoisotopic (exact) mass is 371 g/mol. The van der Waals surface area contributed by atoms with Crippen molar-refractivity contribution in [3.05, 3.63) is 60.2 Å². The Hall–Kier alpha value is -2.47. The molecule has 3 N–H and O–H groups in total. The second-order valence-electron chi connectivity index (χ2n) is 6.23. The molecule has 0 aromatic heterocycles. The van der Waals surface area contributed by atoms with E-state index in [1.165, 1.54) is 5.56 Å². The second-order valence-corrected chi connectivity index (χ2v) is 7.56. The van der Waals surface area contributed by atoms with Gasteiger partial charge in [-0.25, -0.2) is 4.79 Å². The molecule has 2 aromatic carbocycles. The van der Waals surface area contributed by atoms with E-state index in [2.05, 4.69) is 16.0 Å². The minimum absolute atomic E-state index is 0.0335. The molecule has 0 aliphatic carbocycles. The molecule has 0 saturated carbocycles. The summed E-state index contributed by atoms with van der Waals surface area (Å²) in [6.07, 6.45) is 0. The summed E-state index contributed by atoms with van der Waals surface area (Å²) in [6.45, 7) is 5.66. The fraction of sp³-hybridized carbons (Fsp3) is 0.300. The van der Waals surface area contributed by atoms with Crippen molar-refractivity contribution < 1.29 is 9.59 Å². The van der Waals surface area contributed by atoms with Crippen LogP contribution in [0.5, 0.6) is 0 Å². The zero-order chi connectivity index (χ0) is 18.9. The van der Waals surface area contributed by atoms with Crippen molar-refractivity contribution in [3.63, 3.8) is 0 Å². The molecule has 1 unspecified atom stereocenters. The van der Waals surface area contributed by atoms with Gasteiger partial charge in [-0.2, -0.15) is 0 Å². The first-order valence-corrected chi connectivity index (χ1v) is 9.63. The summed E-state index contributed by atoms with van der Waals surface area (Å²) < 4.78 is 0. The van der Waals surface area contributed by atoms with Gasteiger partial charge in [0.1, 0.15) is 0 Å². The van der Waals surface area contributed by atoms with Crippen LogP contribution in [0.25, 0.3) is 0 Å². The van der Waals surface area contributed by atoms with Crippen molar-refractivity contribution in [3.8, 4) is 0 Å². The number of hydrogen-bond acceptors (Lipinski definition) is 3. The normalized spacial score (nSPS) is 11.7. The van der Waals surface area contributed by atoms with Gasteiger partial charge in [0, 0.05) is 11.8 Å². The summed E-state index contributed by atoms with van der Waals surface area (Å²) in [5, 5.41) is 8.23. The Balaban J connectivity index is 1.94. The zero-order valence-electron chi connectivity index (χ0n) is 15.3. The molecule has 138 valence electrons. The number of para-hydroxylation sites is 2. The highest BCUT2D eigenvalue weighted by molar-refractivity contribution is 7.99. The smallest absolute Gasteiger partial charge is 0.319 e. The largest absolute Gasteiger partial charge is 0.336 e. The van der Waals surface area contributed by atoms with E-state index in [9.17, 15) is 9.59 Å². The lowest BCUT2D eigenvalue weighted by atomic mass is 10.2. The number of rotatable bonds is 7. The van der Waals surface area contributed by atoms with E-state index in [1.54, 1.807) is 23.9 Å². The van der Waals surface area contributed by atoms with Gasteiger partial charge in [-0.1, -0.05) is 42.5 Å². The Morgan fingerprint density at radius 2 is 1.46 bits per heavy atom. The minimum Gasteiger partial charge on any atom is -0.336 e. The molecule has 26 heavy (non-hydrogen) atoms. The maximum Gasteiger partial charge on any atom is 0.319 e. The lowest BCUT2D eigenvalue weighted by Gasteiger charge is -2.16. The molecule has 0 fully saturated rings.